The van der Waals surface area contributed by atoms with E-state index >= 15 is 0 Å². The quantitative estimate of drug-likeness (QED) is 0.827. The number of rotatable bonds is 6. The summed E-state index contributed by atoms with van der Waals surface area (Å²) in [5.74, 6) is 0.639. The molecule has 0 saturated carbocycles. The van der Waals surface area contributed by atoms with Crippen molar-refractivity contribution in [1.82, 2.24) is 9.88 Å². The summed E-state index contributed by atoms with van der Waals surface area (Å²) in [4.78, 5) is 29.8. The number of piperidine rings is 1. The Bertz CT molecular complexity index is 836. The molecular formula is C21H25N3O4. The number of hydrogen-bond donors (Lipinski definition) is 1. The summed E-state index contributed by atoms with van der Waals surface area (Å²) in [5.41, 5.74) is 6.04. The van der Waals surface area contributed by atoms with E-state index in [1.165, 1.54) is 12.3 Å². The van der Waals surface area contributed by atoms with E-state index in [0.29, 0.717) is 24.4 Å². The molecule has 1 aliphatic rings. The number of aromatic nitrogens is 1. The molecule has 0 bridgehead atoms. The number of hydrogen-bond acceptors (Lipinski definition) is 5. The van der Waals surface area contributed by atoms with E-state index < -0.39 is 5.91 Å². The highest BCUT2D eigenvalue weighted by atomic mass is 16.5. The lowest BCUT2D eigenvalue weighted by Crippen LogP contribution is -2.44. The van der Waals surface area contributed by atoms with Crippen molar-refractivity contribution in [2.75, 3.05) is 13.1 Å². The Morgan fingerprint density at radius 3 is 2.61 bits per heavy atom. The number of nitrogens with two attached hydrogens (primary N) is 1. The molecule has 28 heavy (non-hydrogen) atoms. The Labute approximate surface area is 164 Å². The number of carbonyl (C=O) groups excluding carboxylic acids is 2. The van der Waals surface area contributed by atoms with Crippen LogP contribution in [0.5, 0.6) is 11.5 Å². The van der Waals surface area contributed by atoms with Gasteiger partial charge >= 0.3 is 0 Å². The molecule has 1 aromatic heterocycles. The molecule has 148 valence electrons. The number of amides is 2. The lowest BCUT2D eigenvalue weighted by atomic mass is 10.1. The summed E-state index contributed by atoms with van der Waals surface area (Å²) in [6.07, 6.45) is 3.11. The maximum Gasteiger partial charge on any atom is 0.267 e. The first-order valence-corrected chi connectivity index (χ1v) is 9.41. The minimum absolute atomic E-state index is 0.0306. The molecule has 2 aromatic rings. The minimum Gasteiger partial charge on any atom is -0.491 e. The lowest BCUT2D eigenvalue weighted by Gasteiger charge is -2.33. The monoisotopic (exact) mass is 383 g/mol. The van der Waals surface area contributed by atoms with E-state index in [-0.39, 0.29) is 23.8 Å². The van der Waals surface area contributed by atoms with Crippen LogP contribution in [0.3, 0.4) is 0 Å². The number of benzene rings is 1. The summed E-state index contributed by atoms with van der Waals surface area (Å²) in [5, 5.41) is 0. The van der Waals surface area contributed by atoms with E-state index in [1.54, 1.807) is 23.1 Å². The second kappa shape index (κ2) is 8.73. The maximum atomic E-state index is 12.8. The Balaban J connectivity index is 1.63. The average molecular weight is 383 g/mol. The highest BCUT2D eigenvalue weighted by Gasteiger charge is 2.26. The highest BCUT2D eigenvalue weighted by Crippen LogP contribution is 2.21. The van der Waals surface area contributed by atoms with Gasteiger partial charge in [0.15, 0.2) is 0 Å². The molecule has 7 nitrogen and oxygen atoms in total. The fourth-order valence-corrected chi connectivity index (χ4v) is 3.16. The van der Waals surface area contributed by atoms with Crippen LogP contribution < -0.4 is 15.2 Å². The van der Waals surface area contributed by atoms with Gasteiger partial charge in [-0.1, -0.05) is 0 Å². The van der Waals surface area contributed by atoms with Crippen LogP contribution in [-0.4, -0.2) is 47.0 Å². The van der Waals surface area contributed by atoms with Crippen LogP contribution in [0.15, 0.2) is 42.6 Å². The van der Waals surface area contributed by atoms with Crippen molar-refractivity contribution in [3.63, 3.8) is 0 Å². The molecule has 2 heterocycles. The predicted molar refractivity (Wildman–Crippen MR) is 105 cm³/mol. The Kier molecular flexibility index (Phi) is 6.13. The summed E-state index contributed by atoms with van der Waals surface area (Å²) in [6, 6.07) is 10.4. The number of primary amides is 1. The minimum atomic E-state index is -0.601. The number of pyridine rings is 1. The van der Waals surface area contributed by atoms with Gasteiger partial charge in [-0.3, -0.25) is 14.6 Å². The fraction of sp³-hybridized carbons (Fsp3) is 0.381. The van der Waals surface area contributed by atoms with Crippen molar-refractivity contribution in [3.8, 4) is 11.5 Å². The van der Waals surface area contributed by atoms with E-state index in [0.717, 1.165) is 18.6 Å². The third-order valence-corrected chi connectivity index (χ3v) is 4.43. The summed E-state index contributed by atoms with van der Waals surface area (Å²) in [7, 11) is 0. The van der Waals surface area contributed by atoms with Gasteiger partial charge in [0.05, 0.1) is 12.6 Å². The molecule has 1 saturated heterocycles. The highest BCUT2D eigenvalue weighted by molar-refractivity contribution is 5.94. The first-order valence-electron chi connectivity index (χ1n) is 9.41. The fourth-order valence-electron chi connectivity index (χ4n) is 3.16. The van der Waals surface area contributed by atoms with Crippen LogP contribution >= 0.6 is 0 Å². The Hall–Kier alpha value is -3.09. The molecule has 0 aliphatic carbocycles. The largest absolute Gasteiger partial charge is 0.491 e. The van der Waals surface area contributed by atoms with Gasteiger partial charge in [0.1, 0.15) is 23.3 Å². The van der Waals surface area contributed by atoms with Gasteiger partial charge in [0.2, 0.25) is 0 Å². The number of likely N-dealkylation sites (tertiary alicyclic amines) is 1. The molecule has 0 spiro atoms. The van der Waals surface area contributed by atoms with Gasteiger partial charge in [-0.15, -0.1) is 0 Å². The zero-order chi connectivity index (χ0) is 20.1. The van der Waals surface area contributed by atoms with Crippen LogP contribution in [0.4, 0.5) is 0 Å². The van der Waals surface area contributed by atoms with Gasteiger partial charge < -0.3 is 20.1 Å². The standard InChI is InChI=1S/C21H25N3O4/c1-14(2)27-16-7-5-15(6-8-16)21(26)24-11-3-4-18(13-24)28-17-9-10-23-19(12-17)20(22)25/h5-10,12,14,18H,3-4,11,13H2,1-2H3,(H2,22,25). The van der Waals surface area contributed by atoms with Crippen molar-refractivity contribution in [1.29, 1.82) is 0 Å². The second-order valence-electron chi connectivity index (χ2n) is 7.07. The number of nitrogens with zero attached hydrogens (tertiary/aromatic N) is 2. The molecule has 1 aromatic carbocycles. The smallest absolute Gasteiger partial charge is 0.267 e. The average Bonchev–Trinajstić information content (AvgIpc) is 2.68. The van der Waals surface area contributed by atoms with E-state index in [1.807, 2.05) is 26.0 Å². The molecule has 1 atom stereocenters. The molecule has 2 N–H and O–H groups in total. The van der Waals surface area contributed by atoms with Crippen LogP contribution in [0.1, 0.15) is 47.5 Å². The lowest BCUT2D eigenvalue weighted by molar-refractivity contribution is 0.0537. The Morgan fingerprint density at radius 2 is 1.93 bits per heavy atom. The molecule has 3 rings (SSSR count). The first kappa shape index (κ1) is 19.7. The van der Waals surface area contributed by atoms with Crippen LogP contribution in [0, 0.1) is 0 Å². The first-order chi connectivity index (χ1) is 13.4. The molecule has 1 unspecified atom stereocenters. The molecule has 7 heteroatoms. The van der Waals surface area contributed by atoms with Crippen molar-refractivity contribution in [2.45, 2.75) is 38.9 Å². The summed E-state index contributed by atoms with van der Waals surface area (Å²) < 4.78 is 11.6. The third kappa shape index (κ3) is 5.00. The van der Waals surface area contributed by atoms with Gasteiger partial charge in [-0.2, -0.15) is 0 Å². The third-order valence-electron chi connectivity index (χ3n) is 4.43. The van der Waals surface area contributed by atoms with Crippen molar-refractivity contribution in [2.24, 2.45) is 5.73 Å². The molecule has 1 fully saturated rings. The summed E-state index contributed by atoms with van der Waals surface area (Å²) in [6.45, 7) is 5.09. The van der Waals surface area contributed by atoms with Crippen LogP contribution in [-0.2, 0) is 0 Å². The molecule has 0 radical (unpaired) electrons. The van der Waals surface area contributed by atoms with Crippen LogP contribution in [0.2, 0.25) is 0 Å². The summed E-state index contributed by atoms with van der Waals surface area (Å²) >= 11 is 0. The van der Waals surface area contributed by atoms with Gasteiger partial charge in [0.25, 0.3) is 11.8 Å². The van der Waals surface area contributed by atoms with Crippen molar-refractivity contribution < 1.29 is 19.1 Å². The maximum absolute atomic E-state index is 12.8. The SMILES string of the molecule is CC(C)Oc1ccc(C(=O)N2CCCC(Oc3ccnc(C(N)=O)c3)C2)cc1. The zero-order valence-corrected chi connectivity index (χ0v) is 16.1. The van der Waals surface area contributed by atoms with E-state index in [2.05, 4.69) is 4.98 Å². The van der Waals surface area contributed by atoms with E-state index in [4.69, 9.17) is 15.2 Å². The van der Waals surface area contributed by atoms with Gasteiger partial charge in [-0.05, 0) is 57.0 Å². The van der Waals surface area contributed by atoms with Gasteiger partial charge in [0, 0.05) is 24.4 Å². The molecular weight excluding hydrogens is 358 g/mol. The zero-order valence-electron chi connectivity index (χ0n) is 16.1. The topological polar surface area (TPSA) is 94.8 Å². The molecule has 2 amide bonds. The Morgan fingerprint density at radius 1 is 1.18 bits per heavy atom. The molecule has 1 aliphatic heterocycles. The number of ether oxygens (including phenoxy) is 2. The normalized spacial score (nSPS) is 16.7. The predicted octanol–water partition coefficient (Wildman–Crippen LogP) is 2.65. The van der Waals surface area contributed by atoms with Crippen LogP contribution in [0.25, 0.3) is 0 Å². The van der Waals surface area contributed by atoms with Crippen molar-refractivity contribution in [3.05, 3.63) is 53.9 Å². The number of carbonyl (C=O) groups is 2. The van der Waals surface area contributed by atoms with Gasteiger partial charge in [-0.25, -0.2) is 0 Å². The second-order valence-corrected chi connectivity index (χ2v) is 7.07. The van der Waals surface area contributed by atoms with Crippen molar-refractivity contribution >= 4 is 11.8 Å². The van der Waals surface area contributed by atoms with E-state index in [9.17, 15) is 9.59 Å².